The number of ether oxygens (including phenoxy) is 1. The molecular formula is C25H23FN6O3. The van der Waals surface area contributed by atoms with Gasteiger partial charge in [0.15, 0.2) is 0 Å². The summed E-state index contributed by atoms with van der Waals surface area (Å²) >= 11 is 0. The number of nitrogens with one attached hydrogen (secondary N) is 2. The first-order valence-electron chi connectivity index (χ1n) is 11.6. The highest BCUT2D eigenvalue weighted by Crippen LogP contribution is 2.43. The second-order valence-corrected chi connectivity index (χ2v) is 9.04. The molecule has 0 aliphatic heterocycles. The fourth-order valence-electron chi connectivity index (χ4n) is 4.28. The zero-order valence-corrected chi connectivity index (χ0v) is 19.0. The fraction of sp³-hybridized carbons (Fsp3) is 0.320. The normalized spacial score (nSPS) is 16.5. The molecule has 0 saturated heterocycles. The van der Waals surface area contributed by atoms with Gasteiger partial charge in [-0.25, -0.2) is 9.37 Å². The molecule has 2 N–H and O–H groups in total. The zero-order valence-electron chi connectivity index (χ0n) is 19.0. The second-order valence-electron chi connectivity index (χ2n) is 9.04. The average molecular weight is 474 g/mol. The molecule has 3 aromatic rings. The van der Waals surface area contributed by atoms with E-state index in [9.17, 15) is 9.59 Å². The Morgan fingerprint density at radius 1 is 1.14 bits per heavy atom. The number of nitrogens with zero attached hydrogens (tertiary/aromatic N) is 4. The highest BCUT2D eigenvalue weighted by Gasteiger charge is 2.33. The molecule has 1 aromatic carbocycles. The number of allylic oxidation sites excluding steroid dienone is 1. The molecule has 2 amide bonds. The monoisotopic (exact) mass is 474 g/mol. The molecule has 6 rings (SSSR count). The molecule has 0 atom stereocenters. The van der Waals surface area contributed by atoms with E-state index in [-0.39, 0.29) is 23.8 Å². The van der Waals surface area contributed by atoms with Gasteiger partial charge in [0, 0.05) is 43.3 Å². The molecule has 0 radical (unpaired) electrons. The molecule has 2 fully saturated rings. The number of rotatable bonds is 7. The number of anilines is 1. The van der Waals surface area contributed by atoms with Crippen molar-refractivity contribution < 1.29 is 18.7 Å². The van der Waals surface area contributed by atoms with Crippen molar-refractivity contribution in [1.29, 1.82) is 0 Å². The molecule has 0 spiro atoms. The number of carbonyl (C=O) groups is 2. The van der Waals surface area contributed by atoms with E-state index in [4.69, 9.17) is 4.74 Å². The van der Waals surface area contributed by atoms with Crippen molar-refractivity contribution in [2.24, 2.45) is 5.92 Å². The zero-order chi connectivity index (χ0) is 24.1. The van der Waals surface area contributed by atoms with Crippen LogP contribution in [0.3, 0.4) is 0 Å². The number of hydrogen-bond donors (Lipinski definition) is 2. The molecular weight excluding hydrogens is 451 g/mol. The van der Waals surface area contributed by atoms with Crippen LogP contribution in [0.25, 0.3) is 17.3 Å². The molecule has 35 heavy (non-hydrogen) atoms. The van der Waals surface area contributed by atoms with E-state index in [2.05, 4.69) is 25.8 Å². The van der Waals surface area contributed by atoms with Gasteiger partial charge in [0.2, 0.25) is 5.91 Å². The van der Waals surface area contributed by atoms with Crippen molar-refractivity contribution in [3.63, 3.8) is 0 Å². The van der Waals surface area contributed by atoms with Crippen LogP contribution < -0.4 is 15.4 Å². The molecule has 3 aliphatic rings. The van der Waals surface area contributed by atoms with Crippen molar-refractivity contribution in [1.82, 2.24) is 25.3 Å². The summed E-state index contributed by atoms with van der Waals surface area (Å²) in [7, 11) is 1.54. The van der Waals surface area contributed by atoms with Crippen LogP contribution in [0.4, 0.5) is 10.2 Å². The predicted molar refractivity (Wildman–Crippen MR) is 126 cm³/mol. The molecule has 2 aromatic heterocycles. The minimum absolute atomic E-state index is 0.000613. The summed E-state index contributed by atoms with van der Waals surface area (Å²) in [5, 5.41) is 13.7. The van der Waals surface area contributed by atoms with Crippen molar-refractivity contribution >= 4 is 29.3 Å². The van der Waals surface area contributed by atoms with Crippen LogP contribution >= 0.6 is 0 Å². The van der Waals surface area contributed by atoms with Gasteiger partial charge >= 0.3 is 0 Å². The number of hydrogen-bond acceptors (Lipinski definition) is 6. The quantitative estimate of drug-likeness (QED) is 0.544. The van der Waals surface area contributed by atoms with Crippen LogP contribution in [-0.2, 0) is 11.2 Å². The molecule has 2 heterocycles. The minimum Gasteiger partial charge on any atom is -0.490 e. The highest BCUT2D eigenvalue weighted by atomic mass is 19.1. The summed E-state index contributed by atoms with van der Waals surface area (Å²) in [6.07, 6.45) is 10.2. The highest BCUT2D eigenvalue weighted by molar-refractivity contribution is 6.05. The van der Waals surface area contributed by atoms with Crippen LogP contribution in [0.15, 0.2) is 30.7 Å². The van der Waals surface area contributed by atoms with Gasteiger partial charge in [0.1, 0.15) is 17.4 Å². The van der Waals surface area contributed by atoms with Gasteiger partial charge in [-0.3, -0.25) is 9.59 Å². The third kappa shape index (κ3) is 4.05. The van der Waals surface area contributed by atoms with Crippen molar-refractivity contribution in [2.45, 2.75) is 38.2 Å². The first-order chi connectivity index (χ1) is 17.0. The van der Waals surface area contributed by atoms with E-state index in [1.54, 1.807) is 19.2 Å². The lowest BCUT2D eigenvalue weighted by Crippen LogP contribution is -2.21. The molecule has 0 unspecified atom stereocenters. The van der Waals surface area contributed by atoms with Crippen molar-refractivity contribution in [3.05, 3.63) is 58.8 Å². The number of aromatic nitrogens is 4. The third-order valence-corrected chi connectivity index (χ3v) is 6.40. The van der Waals surface area contributed by atoms with E-state index in [1.807, 2.05) is 0 Å². The lowest BCUT2D eigenvalue weighted by atomic mass is 10.0. The smallest absolute Gasteiger partial charge is 0.253 e. The van der Waals surface area contributed by atoms with Crippen LogP contribution in [0.2, 0.25) is 0 Å². The Morgan fingerprint density at radius 2 is 1.91 bits per heavy atom. The molecule has 10 heteroatoms. The summed E-state index contributed by atoms with van der Waals surface area (Å²) in [5.74, 6) is -0.0656. The van der Waals surface area contributed by atoms with Gasteiger partial charge in [-0.2, -0.15) is 15.0 Å². The van der Waals surface area contributed by atoms with Gasteiger partial charge in [-0.1, -0.05) is 0 Å². The van der Waals surface area contributed by atoms with Crippen LogP contribution in [-0.4, -0.2) is 44.9 Å². The van der Waals surface area contributed by atoms with E-state index >= 15 is 4.39 Å². The maximum atomic E-state index is 15.6. The minimum atomic E-state index is -0.479. The predicted octanol–water partition coefficient (Wildman–Crippen LogP) is 3.15. The van der Waals surface area contributed by atoms with Crippen molar-refractivity contribution in [3.8, 4) is 11.4 Å². The summed E-state index contributed by atoms with van der Waals surface area (Å²) in [5.41, 5.74) is 3.09. The Labute approximate surface area is 200 Å². The number of fused-ring (bicyclic) bond motifs is 1. The van der Waals surface area contributed by atoms with Crippen molar-refractivity contribution in [2.75, 3.05) is 12.4 Å². The topological polar surface area (TPSA) is 111 Å². The average Bonchev–Trinajstić information content (AvgIpc) is 3.76. The van der Waals surface area contributed by atoms with Crippen LogP contribution in [0, 0.1) is 11.7 Å². The number of amides is 2. The third-order valence-electron chi connectivity index (χ3n) is 6.40. The number of pyridine rings is 1. The Bertz CT molecular complexity index is 1380. The summed E-state index contributed by atoms with van der Waals surface area (Å²) in [4.78, 5) is 30.7. The maximum Gasteiger partial charge on any atom is 0.253 e. The van der Waals surface area contributed by atoms with Gasteiger partial charge in [-0.15, -0.1) is 0 Å². The number of benzene rings is 1. The summed E-state index contributed by atoms with van der Waals surface area (Å²) < 4.78 is 21.8. The maximum absolute atomic E-state index is 15.6. The van der Waals surface area contributed by atoms with Gasteiger partial charge in [-0.05, 0) is 42.9 Å². The Balaban J connectivity index is 1.43. The Morgan fingerprint density at radius 3 is 2.60 bits per heavy atom. The summed E-state index contributed by atoms with van der Waals surface area (Å²) in [6.45, 7) is 0. The molecule has 9 nitrogen and oxygen atoms in total. The first-order valence-corrected chi connectivity index (χ1v) is 11.6. The molecule has 178 valence electrons. The fourth-order valence-corrected chi connectivity index (χ4v) is 4.28. The van der Waals surface area contributed by atoms with E-state index < -0.39 is 5.82 Å². The lowest BCUT2D eigenvalue weighted by molar-refractivity contribution is -0.117. The van der Waals surface area contributed by atoms with Crippen LogP contribution in [0.5, 0.6) is 5.75 Å². The number of halogens is 1. The standard InChI is InChI=1S/C25H23FN6O3/c1-27-25(34)19-12-28-23(31-24(33)13-2-3-13)18-9-14(8-17(18)19)22-20(26)10-15(32-29-6-7-30-32)11-21(22)35-16-4-5-16/h6-8,10-13,16H,2-5,9H2,1H3,(H,27,34)(H,28,31,33). The molecule has 2 saturated carbocycles. The molecule has 0 bridgehead atoms. The Hall–Kier alpha value is -4.08. The van der Waals surface area contributed by atoms with Gasteiger partial charge in [0.25, 0.3) is 5.91 Å². The van der Waals surface area contributed by atoms with E-state index in [1.165, 1.54) is 29.5 Å². The van der Waals surface area contributed by atoms with Gasteiger partial charge < -0.3 is 15.4 Å². The molecule has 3 aliphatic carbocycles. The van der Waals surface area contributed by atoms with Crippen LogP contribution in [0.1, 0.15) is 52.7 Å². The van der Waals surface area contributed by atoms with E-state index in [0.717, 1.165) is 25.7 Å². The second kappa shape index (κ2) is 8.30. The van der Waals surface area contributed by atoms with E-state index in [0.29, 0.717) is 51.5 Å². The summed E-state index contributed by atoms with van der Waals surface area (Å²) in [6, 6.07) is 3.10. The largest absolute Gasteiger partial charge is 0.490 e. The number of carbonyl (C=O) groups excluding carboxylic acids is 2. The van der Waals surface area contributed by atoms with Gasteiger partial charge in [0.05, 0.1) is 35.3 Å². The lowest BCUT2D eigenvalue weighted by Gasteiger charge is -2.15. The first kappa shape index (κ1) is 21.5. The SMILES string of the molecule is CNC(=O)c1cnc(NC(=O)C2CC2)c2c1C=C(c1c(F)cc(-n3nccn3)cc1OC1CC1)C2. The Kier molecular flexibility index (Phi) is 5.09.